The van der Waals surface area contributed by atoms with E-state index in [4.69, 9.17) is 0 Å². The molecule has 2 heterocycles. The van der Waals surface area contributed by atoms with Gasteiger partial charge in [0.25, 0.3) is 0 Å². The lowest BCUT2D eigenvalue weighted by molar-refractivity contribution is -0.128. The molecule has 3 aromatic rings. The fraction of sp³-hybridized carbons (Fsp3) is 0.391. The molecule has 7 heteroatoms. The topological polar surface area (TPSA) is 63.9 Å². The van der Waals surface area contributed by atoms with Crippen LogP contribution in [0.4, 0.5) is 0 Å². The Bertz CT molecular complexity index is 981. The average molecular weight is 424 g/mol. The average Bonchev–Trinajstić information content (AvgIpc) is 3.16. The molecule has 0 atom stereocenters. The smallest absolute Gasteiger partial charge is 0.233 e. The van der Waals surface area contributed by atoms with Gasteiger partial charge in [0.2, 0.25) is 5.91 Å². The van der Waals surface area contributed by atoms with Gasteiger partial charge in [-0.3, -0.25) is 14.3 Å². The van der Waals surface area contributed by atoms with E-state index < -0.39 is 0 Å². The van der Waals surface area contributed by atoms with Crippen LogP contribution < -0.4 is 0 Å². The minimum Gasteiger partial charge on any atom is -0.342 e. The Balaban J connectivity index is 1.95. The third kappa shape index (κ3) is 5.08. The van der Waals surface area contributed by atoms with Crippen molar-refractivity contribution in [2.75, 3.05) is 18.8 Å². The second-order valence-electron chi connectivity index (χ2n) is 7.34. The van der Waals surface area contributed by atoms with Crippen LogP contribution in [0.1, 0.15) is 37.8 Å². The maximum absolute atomic E-state index is 12.8. The molecule has 158 valence electrons. The van der Waals surface area contributed by atoms with E-state index in [2.05, 4.69) is 61.1 Å². The highest BCUT2D eigenvalue weighted by Crippen LogP contribution is 2.29. The molecule has 2 aromatic heterocycles. The summed E-state index contributed by atoms with van der Waals surface area (Å²) in [6.45, 7) is 9.94. The molecule has 1 amide bonds. The summed E-state index contributed by atoms with van der Waals surface area (Å²) in [7, 11) is 0. The van der Waals surface area contributed by atoms with Crippen LogP contribution in [0.5, 0.6) is 0 Å². The van der Waals surface area contributed by atoms with Gasteiger partial charge in [0, 0.05) is 31.0 Å². The van der Waals surface area contributed by atoms with E-state index in [0.29, 0.717) is 10.9 Å². The zero-order valence-corrected chi connectivity index (χ0v) is 18.9. The zero-order chi connectivity index (χ0) is 21.5. The number of carbonyl (C=O) groups is 1. The van der Waals surface area contributed by atoms with Crippen molar-refractivity contribution < 1.29 is 4.79 Å². The number of aromatic nitrogens is 4. The fourth-order valence-electron chi connectivity index (χ4n) is 3.44. The van der Waals surface area contributed by atoms with Crippen molar-refractivity contribution in [3.05, 3.63) is 53.9 Å². The van der Waals surface area contributed by atoms with Gasteiger partial charge in [-0.25, -0.2) is 0 Å². The minimum absolute atomic E-state index is 0.141. The van der Waals surface area contributed by atoms with Crippen molar-refractivity contribution in [2.45, 2.75) is 45.7 Å². The first-order valence-electron chi connectivity index (χ1n) is 10.4. The Hall–Kier alpha value is -2.67. The van der Waals surface area contributed by atoms with E-state index >= 15 is 0 Å². The molecule has 3 rings (SSSR count). The van der Waals surface area contributed by atoms with E-state index in [1.54, 1.807) is 12.4 Å². The van der Waals surface area contributed by atoms with Crippen LogP contribution in [0, 0.1) is 13.8 Å². The molecule has 0 radical (unpaired) electrons. The largest absolute Gasteiger partial charge is 0.342 e. The second-order valence-corrected chi connectivity index (χ2v) is 8.29. The number of aryl methyl sites for hydroxylation is 2. The number of benzene rings is 1. The van der Waals surface area contributed by atoms with Crippen molar-refractivity contribution in [3.8, 4) is 17.1 Å². The Kier molecular flexibility index (Phi) is 7.63. The Morgan fingerprint density at radius 1 is 1.10 bits per heavy atom. The lowest BCUT2D eigenvalue weighted by atomic mass is 10.1. The first kappa shape index (κ1) is 22.0. The van der Waals surface area contributed by atoms with Crippen LogP contribution in [-0.2, 0) is 4.79 Å². The van der Waals surface area contributed by atoms with E-state index in [-0.39, 0.29) is 5.91 Å². The molecule has 0 bridgehead atoms. The highest BCUT2D eigenvalue weighted by Gasteiger charge is 2.20. The van der Waals surface area contributed by atoms with Crippen LogP contribution in [0.25, 0.3) is 17.1 Å². The predicted molar refractivity (Wildman–Crippen MR) is 122 cm³/mol. The molecule has 30 heavy (non-hydrogen) atoms. The highest BCUT2D eigenvalue weighted by atomic mass is 32.2. The maximum atomic E-state index is 12.8. The third-order valence-corrected chi connectivity index (χ3v) is 5.72. The monoisotopic (exact) mass is 423 g/mol. The third-order valence-electron chi connectivity index (χ3n) is 4.81. The summed E-state index contributed by atoms with van der Waals surface area (Å²) in [5, 5.41) is 9.59. The molecule has 1 aromatic carbocycles. The number of amides is 1. The first-order chi connectivity index (χ1) is 14.5. The molecule has 0 saturated heterocycles. The Morgan fingerprint density at radius 3 is 2.50 bits per heavy atom. The first-order valence-corrected chi connectivity index (χ1v) is 11.4. The fourth-order valence-corrected chi connectivity index (χ4v) is 4.29. The molecule has 0 aliphatic rings. The summed E-state index contributed by atoms with van der Waals surface area (Å²) in [5.74, 6) is 1.21. The number of rotatable bonds is 9. The molecule has 0 saturated carbocycles. The number of thioether (sulfide) groups is 1. The highest BCUT2D eigenvalue weighted by molar-refractivity contribution is 7.99. The lowest BCUT2D eigenvalue weighted by Crippen LogP contribution is -2.33. The lowest BCUT2D eigenvalue weighted by Gasteiger charge is -2.21. The van der Waals surface area contributed by atoms with Gasteiger partial charge in [-0.15, -0.1) is 10.2 Å². The van der Waals surface area contributed by atoms with E-state index in [1.807, 2.05) is 21.6 Å². The number of hydrogen-bond acceptors (Lipinski definition) is 5. The second kappa shape index (κ2) is 10.4. The van der Waals surface area contributed by atoms with Gasteiger partial charge in [0.15, 0.2) is 11.0 Å². The predicted octanol–water partition coefficient (Wildman–Crippen LogP) is 4.69. The van der Waals surface area contributed by atoms with Crippen LogP contribution in [-0.4, -0.2) is 49.4 Å². The van der Waals surface area contributed by atoms with Crippen LogP contribution in [0.15, 0.2) is 47.9 Å². The van der Waals surface area contributed by atoms with Gasteiger partial charge < -0.3 is 4.90 Å². The van der Waals surface area contributed by atoms with Gasteiger partial charge in [-0.2, -0.15) is 0 Å². The van der Waals surface area contributed by atoms with Crippen molar-refractivity contribution in [2.24, 2.45) is 0 Å². The maximum Gasteiger partial charge on any atom is 0.233 e. The molecule has 0 aliphatic heterocycles. The van der Waals surface area contributed by atoms with Crippen LogP contribution in [0.3, 0.4) is 0 Å². The summed E-state index contributed by atoms with van der Waals surface area (Å²) < 4.78 is 2.04. The molecule has 0 spiro atoms. The molecular formula is C23H29N5OS. The van der Waals surface area contributed by atoms with E-state index in [1.165, 1.54) is 17.3 Å². The molecule has 0 fully saturated rings. The summed E-state index contributed by atoms with van der Waals surface area (Å²) in [5.41, 5.74) is 4.23. The van der Waals surface area contributed by atoms with Gasteiger partial charge in [-0.05, 0) is 50.5 Å². The normalized spacial score (nSPS) is 10.9. The molecule has 6 nitrogen and oxygen atoms in total. The summed E-state index contributed by atoms with van der Waals surface area (Å²) in [6.07, 6.45) is 5.44. The summed E-state index contributed by atoms with van der Waals surface area (Å²) in [6, 6.07) is 10.2. The van der Waals surface area contributed by atoms with Crippen molar-refractivity contribution in [1.82, 2.24) is 24.6 Å². The zero-order valence-electron chi connectivity index (χ0n) is 18.1. The quantitative estimate of drug-likeness (QED) is 0.467. The number of carbonyl (C=O) groups excluding carboxylic acids is 1. The molecular weight excluding hydrogens is 394 g/mol. The molecule has 0 N–H and O–H groups in total. The number of hydrogen-bond donors (Lipinski definition) is 0. The Labute approximate surface area is 182 Å². The molecule has 0 unspecified atom stereocenters. The van der Waals surface area contributed by atoms with Gasteiger partial charge in [-0.1, -0.05) is 43.3 Å². The van der Waals surface area contributed by atoms with E-state index in [0.717, 1.165) is 48.6 Å². The van der Waals surface area contributed by atoms with Crippen LogP contribution >= 0.6 is 11.8 Å². The minimum atomic E-state index is 0.141. The number of nitrogens with zero attached hydrogens (tertiary/aromatic N) is 5. The van der Waals surface area contributed by atoms with Crippen molar-refractivity contribution >= 4 is 17.7 Å². The standard InChI is InChI=1S/C23H29N5OS/c1-5-12-27(13-6-2)21(29)16-30-23-26-25-22(19-8-7-11-24-15-19)28(23)20-10-9-17(3)14-18(20)4/h7-11,14-15H,5-6,12-13,16H2,1-4H3. The summed E-state index contributed by atoms with van der Waals surface area (Å²) in [4.78, 5) is 18.9. The van der Waals surface area contributed by atoms with Gasteiger partial charge in [0.1, 0.15) is 0 Å². The SMILES string of the molecule is CCCN(CCC)C(=O)CSc1nnc(-c2cccnc2)n1-c1ccc(C)cc1C. The van der Waals surface area contributed by atoms with Gasteiger partial charge in [0.05, 0.1) is 11.4 Å². The van der Waals surface area contributed by atoms with E-state index in [9.17, 15) is 4.79 Å². The molecule has 0 aliphatic carbocycles. The number of pyridine rings is 1. The van der Waals surface area contributed by atoms with Crippen molar-refractivity contribution in [3.63, 3.8) is 0 Å². The van der Waals surface area contributed by atoms with Crippen molar-refractivity contribution in [1.29, 1.82) is 0 Å². The summed E-state index contributed by atoms with van der Waals surface area (Å²) >= 11 is 1.44. The van der Waals surface area contributed by atoms with Gasteiger partial charge >= 0.3 is 0 Å². The van der Waals surface area contributed by atoms with Crippen LogP contribution in [0.2, 0.25) is 0 Å². The Morgan fingerprint density at radius 2 is 1.87 bits per heavy atom.